The van der Waals surface area contributed by atoms with Crippen LogP contribution in [0.15, 0.2) is 53.3 Å². The highest BCUT2D eigenvalue weighted by atomic mass is 19.1. The molecule has 0 spiro atoms. The fraction of sp³-hybridized carbons (Fsp3) is 0.441. The summed E-state index contributed by atoms with van der Waals surface area (Å²) in [7, 11) is 0. The monoisotopic (exact) mass is 629 g/mol. The predicted octanol–water partition coefficient (Wildman–Crippen LogP) is 5.94. The maximum atomic E-state index is 14.0. The molecule has 11 nitrogen and oxygen atoms in total. The fourth-order valence-corrected chi connectivity index (χ4v) is 6.83. The van der Waals surface area contributed by atoms with Crippen molar-refractivity contribution in [1.82, 2.24) is 25.2 Å². The molecule has 0 aliphatic carbocycles. The molecule has 0 atom stereocenters. The van der Waals surface area contributed by atoms with Gasteiger partial charge in [-0.05, 0) is 76.3 Å². The van der Waals surface area contributed by atoms with Crippen LogP contribution in [-0.4, -0.2) is 80.8 Å². The molecule has 46 heavy (non-hydrogen) atoms. The number of hydrogen-bond donors (Lipinski definition) is 2. The van der Waals surface area contributed by atoms with Gasteiger partial charge in [0, 0.05) is 68.0 Å². The lowest BCUT2D eigenvalue weighted by Crippen LogP contribution is -2.54. The van der Waals surface area contributed by atoms with Gasteiger partial charge in [-0.3, -0.25) is 4.79 Å². The van der Waals surface area contributed by atoms with E-state index >= 15 is 0 Å². The number of carbonyl (C=O) groups is 2. The van der Waals surface area contributed by atoms with E-state index in [0.29, 0.717) is 43.2 Å². The van der Waals surface area contributed by atoms with Gasteiger partial charge in [0.2, 0.25) is 11.6 Å². The summed E-state index contributed by atoms with van der Waals surface area (Å²) in [6.45, 7) is 10.1. The molecule has 2 aliphatic heterocycles. The molecule has 2 amide bonds. The van der Waals surface area contributed by atoms with Crippen LogP contribution < -0.4 is 15.1 Å². The van der Waals surface area contributed by atoms with Crippen LogP contribution in [0.5, 0.6) is 0 Å². The number of anilines is 2. The fourth-order valence-electron chi connectivity index (χ4n) is 6.83. The number of benzene rings is 1. The van der Waals surface area contributed by atoms with Gasteiger partial charge in [-0.1, -0.05) is 12.1 Å². The summed E-state index contributed by atoms with van der Waals surface area (Å²) in [4.78, 5) is 43.4. The Kier molecular flexibility index (Phi) is 8.54. The highest BCUT2D eigenvalue weighted by Crippen LogP contribution is 2.44. The summed E-state index contributed by atoms with van der Waals surface area (Å²) in [5, 5.41) is 13.7. The zero-order chi connectivity index (χ0) is 32.6. The van der Waals surface area contributed by atoms with Gasteiger partial charge in [-0.15, -0.1) is 0 Å². The number of piperidine rings is 2. The highest BCUT2D eigenvalue weighted by Gasteiger charge is 2.36. The van der Waals surface area contributed by atoms with Crippen LogP contribution in [0.2, 0.25) is 0 Å². The van der Waals surface area contributed by atoms with Gasteiger partial charge in [0.25, 0.3) is 0 Å². The Labute approximate surface area is 267 Å². The lowest BCUT2D eigenvalue weighted by atomic mass is 9.96. The van der Waals surface area contributed by atoms with Gasteiger partial charge in [0.15, 0.2) is 0 Å². The molecule has 2 saturated heterocycles. The van der Waals surface area contributed by atoms with Crippen molar-refractivity contribution in [3.63, 3.8) is 0 Å². The summed E-state index contributed by atoms with van der Waals surface area (Å²) in [6, 6.07) is 10.3. The molecule has 242 valence electrons. The number of carboxylic acid groups (broad SMARTS) is 1. The van der Waals surface area contributed by atoms with E-state index in [0.717, 1.165) is 53.8 Å². The van der Waals surface area contributed by atoms with Gasteiger partial charge in [-0.25, -0.2) is 24.1 Å². The summed E-state index contributed by atoms with van der Waals surface area (Å²) in [5.41, 5.74) is 2.16. The first-order valence-corrected chi connectivity index (χ1v) is 15.8. The number of nitrogens with zero attached hydrogens (tertiary/aromatic N) is 6. The quantitative estimate of drug-likeness (QED) is 0.266. The molecule has 12 heteroatoms. The number of furan rings is 1. The molecule has 6 rings (SSSR count). The first kappa shape index (κ1) is 31.3. The Morgan fingerprint density at radius 1 is 0.935 bits per heavy atom. The molecule has 0 radical (unpaired) electrons. The molecule has 0 saturated carbocycles. The van der Waals surface area contributed by atoms with Crippen molar-refractivity contribution < 1.29 is 23.5 Å². The average Bonchev–Trinajstić information content (AvgIpc) is 3.41. The van der Waals surface area contributed by atoms with Gasteiger partial charge in [0.05, 0.1) is 5.39 Å². The van der Waals surface area contributed by atoms with E-state index < -0.39 is 11.6 Å². The first-order chi connectivity index (χ1) is 22.0. The van der Waals surface area contributed by atoms with Crippen molar-refractivity contribution in [1.29, 1.82) is 0 Å². The third kappa shape index (κ3) is 6.33. The highest BCUT2D eigenvalue weighted by molar-refractivity contribution is 6.06. The maximum Gasteiger partial charge on any atom is 0.407 e. The van der Waals surface area contributed by atoms with Gasteiger partial charge < -0.3 is 29.5 Å². The molecular weight excluding hydrogens is 589 g/mol. The second-order valence-electron chi connectivity index (χ2n) is 13.1. The molecule has 2 aliphatic rings. The number of carbonyl (C=O) groups excluding carboxylic acids is 1. The standard InChI is InChI=1S/C34H40FN7O4/c1-21(43)39-25-11-15-40(16-12-25)27-10-7-23(19-36-27)30-28(22-5-8-24(35)9-6-22)29-31(37-20-38-32(29)46-30)41-17-13-26(14-18-41)42(33(44)45)34(2,3)4/h5-10,19-20,25-26H,11-18H2,1-4H3,(H,39,43)(H,44,45). The molecule has 3 aromatic heterocycles. The minimum atomic E-state index is -0.914. The molecule has 0 bridgehead atoms. The Morgan fingerprint density at radius 3 is 2.17 bits per heavy atom. The Bertz CT molecular complexity index is 1700. The summed E-state index contributed by atoms with van der Waals surface area (Å²) in [5.74, 6) is 1.75. The summed E-state index contributed by atoms with van der Waals surface area (Å²) >= 11 is 0. The van der Waals surface area contributed by atoms with Gasteiger partial charge >= 0.3 is 6.09 Å². The van der Waals surface area contributed by atoms with Crippen molar-refractivity contribution in [2.24, 2.45) is 0 Å². The van der Waals surface area contributed by atoms with Crippen LogP contribution in [-0.2, 0) is 4.79 Å². The van der Waals surface area contributed by atoms with E-state index in [4.69, 9.17) is 14.4 Å². The van der Waals surface area contributed by atoms with Crippen molar-refractivity contribution in [3.05, 3.63) is 54.7 Å². The van der Waals surface area contributed by atoms with E-state index in [1.807, 2.05) is 32.9 Å². The molecule has 5 heterocycles. The Hall–Kier alpha value is -4.74. The summed E-state index contributed by atoms with van der Waals surface area (Å²) < 4.78 is 20.5. The minimum Gasteiger partial charge on any atom is -0.465 e. The van der Waals surface area contributed by atoms with E-state index in [9.17, 15) is 19.1 Å². The molecule has 2 fully saturated rings. The molecule has 2 N–H and O–H groups in total. The van der Waals surface area contributed by atoms with E-state index in [-0.39, 0.29) is 23.8 Å². The smallest absolute Gasteiger partial charge is 0.407 e. The molecule has 4 aromatic rings. The number of fused-ring (bicyclic) bond motifs is 1. The number of hydrogen-bond acceptors (Lipinski definition) is 8. The van der Waals surface area contributed by atoms with Crippen molar-refractivity contribution in [2.75, 3.05) is 36.0 Å². The molecule has 1 aromatic carbocycles. The number of nitrogens with one attached hydrogen (secondary N) is 1. The second-order valence-corrected chi connectivity index (χ2v) is 13.1. The van der Waals surface area contributed by atoms with Crippen molar-refractivity contribution in [2.45, 2.75) is 71.0 Å². The van der Waals surface area contributed by atoms with Crippen LogP contribution in [0.25, 0.3) is 33.6 Å². The SMILES string of the molecule is CC(=O)NC1CCN(c2ccc(-c3oc4ncnc(N5CCC(N(C(=O)O)C(C)(C)C)CC5)c4c3-c3ccc(F)cc3)cn2)CC1. The van der Waals surface area contributed by atoms with Gasteiger partial charge in [0.1, 0.15) is 29.5 Å². The van der Waals surface area contributed by atoms with E-state index in [1.165, 1.54) is 18.5 Å². The van der Waals surface area contributed by atoms with Crippen LogP contribution in [0.3, 0.4) is 0 Å². The van der Waals surface area contributed by atoms with Crippen LogP contribution in [0, 0.1) is 5.82 Å². The van der Waals surface area contributed by atoms with E-state index in [2.05, 4.69) is 20.1 Å². The predicted molar refractivity (Wildman–Crippen MR) is 174 cm³/mol. The van der Waals surface area contributed by atoms with Crippen LogP contribution in [0.4, 0.5) is 20.8 Å². The maximum absolute atomic E-state index is 14.0. The lowest BCUT2D eigenvalue weighted by Gasteiger charge is -2.43. The van der Waals surface area contributed by atoms with E-state index in [1.54, 1.807) is 30.2 Å². The second kappa shape index (κ2) is 12.6. The Balaban J connectivity index is 1.33. The summed E-state index contributed by atoms with van der Waals surface area (Å²) in [6.07, 6.45) is 5.36. The molecule has 0 unspecified atom stereocenters. The van der Waals surface area contributed by atoms with Crippen LogP contribution >= 0.6 is 0 Å². The number of aromatic nitrogens is 3. The lowest BCUT2D eigenvalue weighted by molar-refractivity contribution is -0.119. The molecular formula is C34H40FN7O4. The number of amides is 2. The third-order valence-corrected chi connectivity index (χ3v) is 8.90. The third-order valence-electron chi connectivity index (χ3n) is 8.90. The van der Waals surface area contributed by atoms with Crippen molar-refractivity contribution in [3.8, 4) is 22.5 Å². The number of halogens is 1. The normalized spacial score (nSPS) is 16.5. The first-order valence-electron chi connectivity index (χ1n) is 15.8. The zero-order valence-electron chi connectivity index (χ0n) is 26.7. The topological polar surface area (TPSA) is 128 Å². The average molecular weight is 630 g/mol. The van der Waals surface area contributed by atoms with Crippen LogP contribution in [0.1, 0.15) is 53.4 Å². The number of pyridine rings is 1. The zero-order valence-corrected chi connectivity index (χ0v) is 26.7. The van der Waals surface area contributed by atoms with Crippen molar-refractivity contribution >= 4 is 34.7 Å². The number of rotatable bonds is 6. The Morgan fingerprint density at radius 2 is 1.59 bits per heavy atom. The minimum absolute atomic E-state index is 0.00795. The van der Waals surface area contributed by atoms with Gasteiger partial charge in [-0.2, -0.15) is 0 Å². The largest absolute Gasteiger partial charge is 0.465 e.